The van der Waals surface area contributed by atoms with Gasteiger partial charge in [-0.3, -0.25) is 4.98 Å². The van der Waals surface area contributed by atoms with E-state index in [0.717, 1.165) is 5.39 Å². The lowest BCUT2D eigenvalue weighted by atomic mass is 10.1. The van der Waals surface area contributed by atoms with Crippen LogP contribution in [-0.2, 0) is 0 Å². The third-order valence-corrected chi connectivity index (χ3v) is 3.30. The SMILES string of the molecule is O=c1ncc2ccc(-c3c(F)ccc4ccoc34)nc2[nH]1. The van der Waals surface area contributed by atoms with Crippen LogP contribution in [0.5, 0.6) is 0 Å². The van der Waals surface area contributed by atoms with Crippen LogP contribution in [0.25, 0.3) is 33.3 Å². The number of benzene rings is 1. The summed E-state index contributed by atoms with van der Waals surface area (Å²) in [5.41, 5.74) is 0.956. The minimum atomic E-state index is -0.496. The van der Waals surface area contributed by atoms with Crippen LogP contribution in [0, 0.1) is 5.82 Å². The molecule has 0 spiro atoms. The fraction of sp³-hybridized carbons (Fsp3) is 0. The van der Waals surface area contributed by atoms with Crippen LogP contribution in [0.4, 0.5) is 4.39 Å². The van der Waals surface area contributed by atoms with Crippen molar-refractivity contribution in [3.8, 4) is 11.3 Å². The van der Waals surface area contributed by atoms with Crippen LogP contribution in [0.3, 0.4) is 0 Å². The van der Waals surface area contributed by atoms with Gasteiger partial charge in [0, 0.05) is 17.0 Å². The van der Waals surface area contributed by atoms with Crippen LogP contribution >= 0.6 is 0 Å². The topological polar surface area (TPSA) is 71.8 Å². The zero-order valence-electron chi connectivity index (χ0n) is 10.6. The number of halogens is 1. The molecule has 4 rings (SSSR count). The number of pyridine rings is 1. The third kappa shape index (κ3) is 1.80. The molecule has 0 amide bonds. The summed E-state index contributed by atoms with van der Waals surface area (Å²) >= 11 is 0. The Balaban J connectivity index is 2.06. The van der Waals surface area contributed by atoms with Crippen LogP contribution in [0.15, 0.2) is 52.0 Å². The first-order valence-electron chi connectivity index (χ1n) is 6.24. The van der Waals surface area contributed by atoms with Crippen molar-refractivity contribution in [1.29, 1.82) is 0 Å². The van der Waals surface area contributed by atoms with Gasteiger partial charge in [0.1, 0.15) is 17.0 Å². The highest BCUT2D eigenvalue weighted by atomic mass is 19.1. The van der Waals surface area contributed by atoms with Crippen molar-refractivity contribution in [2.24, 2.45) is 0 Å². The van der Waals surface area contributed by atoms with E-state index in [2.05, 4.69) is 15.0 Å². The maximum absolute atomic E-state index is 14.2. The van der Waals surface area contributed by atoms with Crippen molar-refractivity contribution in [3.63, 3.8) is 0 Å². The van der Waals surface area contributed by atoms with Gasteiger partial charge in [-0.2, -0.15) is 0 Å². The predicted molar refractivity (Wildman–Crippen MR) is 75.3 cm³/mol. The number of hydrogen-bond acceptors (Lipinski definition) is 4. The second-order valence-electron chi connectivity index (χ2n) is 4.58. The summed E-state index contributed by atoms with van der Waals surface area (Å²) in [5, 5.41) is 1.46. The molecule has 0 aliphatic heterocycles. The molecule has 0 atom stereocenters. The molecule has 0 unspecified atom stereocenters. The van der Waals surface area contributed by atoms with Crippen molar-refractivity contribution in [1.82, 2.24) is 15.0 Å². The maximum atomic E-state index is 14.2. The number of hydrogen-bond donors (Lipinski definition) is 1. The average Bonchev–Trinajstić information content (AvgIpc) is 2.94. The van der Waals surface area contributed by atoms with Crippen LogP contribution in [0.2, 0.25) is 0 Å². The molecule has 1 aromatic carbocycles. The Morgan fingerprint density at radius 1 is 1.10 bits per heavy atom. The summed E-state index contributed by atoms with van der Waals surface area (Å²) < 4.78 is 19.5. The number of nitrogens with one attached hydrogen (secondary N) is 1. The lowest BCUT2D eigenvalue weighted by molar-refractivity contribution is 0.601. The molecule has 1 N–H and O–H groups in total. The Bertz CT molecular complexity index is 1040. The standard InChI is InChI=1S/C15H8FN3O2/c16-10-3-1-8-5-6-21-13(8)12(10)11-4-2-9-7-17-15(20)19-14(9)18-11/h1-7H,(H,17,18,19,20). The molecule has 0 radical (unpaired) electrons. The average molecular weight is 281 g/mol. The number of H-pyrrole nitrogens is 1. The molecule has 0 bridgehead atoms. The summed E-state index contributed by atoms with van der Waals surface area (Å²) in [7, 11) is 0. The maximum Gasteiger partial charge on any atom is 0.346 e. The summed E-state index contributed by atoms with van der Waals surface area (Å²) in [6, 6.07) is 8.16. The molecule has 0 aliphatic rings. The molecule has 0 aliphatic carbocycles. The van der Waals surface area contributed by atoms with Crippen molar-refractivity contribution in [3.05, 3.63) is 59.1 Å². The van der Waals surface area contributed by atoms with E-state index in [4.69, 9.17) is 4.42 Å². The van der Waals surface area contributed by atoms with Crippen LogP contribution in [0.1, 0.15) is 0 Å². The van der Waals surface area contributed by atoms with Gasteiger partial charge in [0.05, 0.1) is 17.5 Å². The van der Waals surface area contributed by atoms with E-state index >= 15 is 0 Å². The second kappa shape index (κ2) is 4.24. The largest absolute Gasteiger partial charge is 0.464 e. The highest BCUT2D eigenvalue weighted by Crippen LogP contribution is 2.31. The van der Waals surface area contributed by atoms with Crippen molar-refractivity contribution in [2.75, 3.05) is 0 Å². The quantitative estimate of drug-likeness (QED) is 0.582. The molecule has 102 valence electrons. The normalized spacial score (nSPS) is 11.3. The first-order valence-corrected chi connectivity index (χ1v) is 6.24. The van der Waals surface area contributed by atoms with Gasteiger partial charge in [-0.25, -0.2) is 19.2 Å². The molecule has 3 heterocycles. The number of fused-ring (bicyclic) bond motifs is 2. The van der Waals surface area contributed by atoms with Crippen molar-refractivity contribution >= 4 is 22.0 Å². The Kier molecular flexibility index (Phi) is 2.38. The minimum Gasteiger partial charge on any atom is -0.464 e. The Hall–Kier alpha value is -3.02. The first-order chi connectivity index (χ1) is 10.2. The molecule has 4 aromatic rings. The van der Waals surface area contributed by atoms with Gasteiger partial charge in [0.2, 0.25) is 0 Å². The number of furan rings is 1. The fourth-order valence-corrected chi connectivity index (χ4v) is 2.32. The number of rotatable bonds is 1. The van der Waals surface area contributed by atoms with Crippen LogP contribution < -0.4 is 5.69 Å². The molecule has 21 heavy (non-hydrogen) atoms. The summed E-state index contributed by atoms with van der Waals surface area (Å²) in [6.45, 7) is 0. The highest BCUT2D eigenvalue weighted by molar-refractivity contribution is 5.92. The number of aromatic nitrogens is 3. The smallest absolute Gasteiger partial charge is 0.346 e. The van der Waals surface area contributed by atoms with E-state index in [0.29, 0.717) is 22.3 Å². The molecule has 5 nitrogen and oxygen atoms in total. The lowest BCUT2D eigenvalue weighted by Gasteiger charge is -2.05. The fourth-order valence-electron chi connectivity index (χ4n) is 2.32. The molecule has 3 aromatic heterocycles. The Morgan fingerprint density at radius 2 is 1.95 bits per heavy atom. The van der Waals surface area contributed by atoms with Crippen molar-refractivity contribution < 1.29 is 8.81 Å². The zero-order valence-corrected chi connectivity index (χ0v) is 10.6. The van der Waals surface area contributed by atoms with Gasteiger partial charge in [0.25, 0.3) is 0 Å². The predicted octanol–water partition coefficient (Wildman–Crippen LogP) is 2.87. The van der Waals surface area contributed by atoms with E-state index in [9.17, 15) is 9.18 Å². The van der Waals surface area contributed by atoms with Gasteiger partial charge in [-0.15, -0.1) is 0 Å². The minimum absolute atomic E-state index is 0.275. The summed E-state index contributed by atoms with van der Waals surface area (Å²) in [6.07, 6.45) is 2.93. The van der Waals surface area contributed by atoms with Gasteiger partial charge in [0.15, 0.2) is 0 Å². The van der Waals surface area contributed by atoms with E-state index in [-0.39, 0.29) is 5.56 Å². The number of nitrogens with zero attached hydrogens (tertiary/aromatic N) is 2. The van der Waals surface area contributed by atoms with Crippen molar-refractivity contribution in [2.45, 2.75) is 0 Å². The lowest BCUT2D eigenvalue weighted by Crippen LogP contribution is -2.09. The highest BCUT2D eigenvalue weighted by Gasteiger charge is 2.14. The third-order valence-electron chi connectivity index (χ3n) is 3.30. The molecule has 0 saturated carbocycles. The van der Waals surface area contributed by atoms with Gasteiger partial charge < -0.3 is 4.42 Å². The molecular formula is C15H8FN3O2. The first kappa shape index (κ1) is 11.8. The number of aromatic amines is 1. The van der Waals surface area contributed by atoms with E-state index in [1.807, 2.05) is 0 Å². The zero-order chi connectivity index (χ0) is 14.4. The second-order valence-corrected chi connectivity index (χ2v) is 4.58. The molecular weight excluding hydrogens is 273 g/mol. The van der Waals surface area contributed by atoms with Crippen LogP contribution in [-0.4, -0.2) is 15.0 Å². The van der Waals surface area contributed by atoms with E-state index in [1.54, 1.807) is 24.3 Å². The molecule has 0 saturated heterocycles. The van der Waals surface area contributed by atoms with E-state index in [1.165, 1.54) is 18.5 Å². The monoisotopic (exact) mass is 281 g/mol. The molecule has 0 fully saturated rings. The Morgan fingerprint density at radius 3 is 2.86 bits per heavy atom. The summed E-state index contributed by atoms with van der Waals surface area (Å²) in [5.74, 6) is -0.430. The van der Waals surface area contributed by atoms with E-state index < -0.39 is 11.5 Å². The van der Waals surface area contributed by atoms with Gasteiger partial charge >= 0.3 is 5.69 Å². The summed E-state index contributed by atoms with van der Waals surface area (Å²) in [4.78, 5) is 21.7. The Labute approximate surface area is 117 Å². The van der Waals surface area contributed by atoms with Gasteiger partial charge in [-0.05, 0) is 30.3 Å². The molecule has 6 heteroatoms. The van der Waals surface area contributed by atoms with Gasteiger partial charge in [-0.1, -0.05) is 0 Å².